The highest BCUT2D eigenvalue weighted by Crippen LogP contribution is 2.16. The van der Waals surface area contributed by atoms with Crippen molar-refractivity contribution in [3.05, 3.63) is 23.8 Å². The van der Waals surface area contributed by atoms with Gasteiger partial charge >= 0.3 is 0 Å². The van der Waals surface area contributed by atoms with Crippen molar-refractivity contribution in [1.82, 2.24) is 0 Å². The summed E-state index contributed by atoms with van der Waals surface area (Å²) in [5, 5.41) is 0. The maximum Gasteiger partial charge on any atom is 0.182 e. The number of hydrogen-bond donors (Lipinski definition) is 0. The fraction of sp³-hybridized carbons (Fsp3) is 0.667. The van der Waals surface area contributed by atoms with Crippen molar-refractivity contribution >= 4 is 11.6 Å². The molecule has 1 aliphatic rings. The Morgan fingerprint density at radius 3 is 1.90 bits per heavy atom. The van der Waals surface area contributed by atoms with Crippen LogP contribution in [0.5, 0.6) is 0 Å². The van der Waals surface area contributed by atoms with Crippen molar-refractivity contribution < 1.29 is 9.59 Å². The van der Waals surface area contributed by atoms with Crippen LogP contribution in [0.4, 0.5) is 0 Å². The molecule has 0 atom stereocenters. The van der Waals surface area contributed by atoms with Crippen LogP contribution in [0.3, 0.4) is 0 Å². The normalized spacial score (nSPS) is 14.8. The van der Waals surface area contributed by atoms with Crippen LogP contribution in [0.25, 0.3) is 0 Å². The van der Waals surface area contributed by atoms with Crippen molar-refractivity contribution in [2.24, 2.45) is 0 Å². The Hall–Kier alpha value is -1.18. The quantitative estimate of drug-likeness (QED) is 0.396. The minimum Gasteiger partial charge on any atom is -0.290 e. The molecule has 0 aromatic carbocycles. The Balaban J connectivity index is 1.95. The molecular formula is C18H28O2. The Labute approximate surface area is 123 Å². The zero-order valence-corrected chi connectivity index (χ0v) is 12.8. The maximum absolute atomic E-state index is 11.5. The number of carbonyl (C=O) groups excluding carboxylic acids is 2. The van der Waals surface area contributed by atoms with Gasteiger partial charge in [-0.1, -0.05) is 64.7 Å². The topological polar surface area (TPSA) is 34.1 Å². The predicted molar refractivity (Wildman–Crippen MR) is 83.7 cm³/mol. The van der Waals surface area contributed by atoms with E-state index >= 15 is 0 Å². The van der Waals surface area contributed by atoms with Gasteiger partial charge in [0.15, 0.2) is 11.6 Å². The van der Waals surface area contributed by atoms with Crippen LogP contribution in [-0.2, 0) is 9.59 Å². The fourth-order valence-electron chi connectivity index (χ4n) is 2.55. The zero-order valence-electron chi connectivity index (χ0n) is 12.8. The Kier molecular flexibility index (Phi) is 8.93. The van der Waals surface area contributed by atoms with E-state index in [1.165, 1.54) is 69.6 Å². The number of allylic oxidation sites excluding steroid dienone is 4. The van der Waals surface area contributed by atoms with Gasteiger partial charge < -0.3 is 0 Å². The molecule has 0 aromatic rings. The second-order valence-corrected chi connectivity index (χ2v) is 5.70. The first kappa shape index (κ1) is 16.9. The van der Waals surface area contributed by atoms with Crippen LogP contribution >= 0.6 is 0 Å². The first-order valence-corrected chi connectivity index (χ1v) is 8.21. The molecule has 0 heterocycles. The lowest BCUT2D eigenvalue weighted by atomic mass is 9.97. The number of carbonyl (C=O) groups is 2. The molecule has 0 spiro atoms. The van der Waals surface area contributed by atoms with Gasteiger partial charge in [-0.15, -0.1) is 0 Å². The summed E-state index contributed by atoms with van der Waals surface area (Å²) >= 11 is 0. The summed E-state index contributed by atoms with van der Waals surface area (Å²) in [5.41, 5.74) is 0.692. The average molecular weight is 276 g/mol. The lowest BCUT2D eigenvalue weighted by Crippen LogP contribution is -2.07. The Morgan fingerprint density at radius 2 is 1.30 bits per heavy atom. The van der Waals surface area contributed by atoms with Crippen molar-refractivity contribution in [1.29, 1.82) is 0 Å². The lowest BCUT2D eigenvalue weighted by molar-refractivity contribution is -0.114. The van der Waals surface area contributed by atoms with Gasteiger partial charge in [-0.2, -0.15) is 0 Å². The third-order valence-corrected chi connectivity index (χ3v) is 3.83. The third-order valence-electron chi connectivity index (χ3n) is 3.83. The summed E-state index contributed by atoms with van der Waals surface area (Å²) in [6, 6.07) is 0. The number of ketones is 2. The summed E-state index contributed by atoms with van der Waals surface area (Å²) in [6.45, 7) is 2.25. The van der Waals surface area contributed by atoms with Crippen LogP contribution in [-0.4, -0.2) is 11.6 Å². The summed E-state index contributed by atoms with van der Waals surface area (Å²) < 4.78 is 0. The third kappa shape index (κ3) is 7.42. The van der Waals surface area contributed by atoms with Gasteiger partial charge in [0.05, 0.1) is 0 Å². The first-order chi connectivity index (χ1) is 9.74. The number of rotatable bonds is 11. The molecule has 0 unspecified atom stereocenters. The molecule has 1 rings (SSSR count). The number of unbranched alkanes of at least 4 members (excludes halogenated alkanes) is 9. The van der Waals surface area contributed by atoms with Gasteiger partial charge in [0.25, 0.3) is 0 Å². The lowest BCUT2D eigenvalue weighted by Gasteiger charge is -2.06. The molecule has 2 nitrogen and oxygen atoms in total. The predicted octanol–water partition coefficient (Wildman–Crippen LogP) is 4.93. The van der Waals surface area contributed by atoms with E-state index in [1.54, 1.807) is 0 Å². The molecule has 0 aliphatic heterocycles. The highest BCUT2D eigenvalue weighted by atomic mass is 16.1. The summed E-state index contributed by atoms with van der Waals surface area (Å²) in [7, 11) is 0. The smallest absolute Gasteiger partial charge is 0.182 e. The van der Waals surface area contributed by atoms with Crippen molar-refractivity contribution in [2.75, 3.05) is 0 Å². The van der Waals surface area contributed by atoms with Crippen molar-refractivity contribution in [2.45, 2.75) is 77.6 Å². The van der Waals surface area contributed by atoms with Crippen LogP contribution in [0, 0.1) is 0 Å². The van der Waals surface area contributed by atoms with Crippen LogP contribution in [0.1, 0.15) is 77.6 Å². The maximum atomic E-state index is 11.5. The van der Waals surface area contributed by atoms with Crippen LogP contribution in [0.2, 0.25) is 0 Å². The van der Waals surface area contributed by atoms with Gasteiger partial charge in [0.2, 0.25) is 0 Å². The summed E-state index contributed by atoms with van der Waals surface area (Å²) in [6.07, 6.45) is 17.9. The highest BCUT2D eigenvalue weighted by Gasteiger charge is 2.12. The second kappa shape index (κ2) is 10.6. The van der Waals surface area contributed by atoms with Crippen molar-refractivity contribution in [3.8, 4) is 0 Å². The zero-order chi connectivity index (χ0) is 14.6. The highest BCUT2D eigenvalue weighted by molar-refractivity contribution is 6.17. The monoisotopic (exact) mass is 276 g/mol. The molecule has 0 fully saturated rings. The van der Waals surface area contributed by atoms with E-state index < -0.39 is 0 Å². The molecule has 0 saturated heterocycles. The molecule has 0 aromatic heterocycles. The second-order valence-electron chi connectivity index (χ2n) is 5.70. The van der Waals surface area contributed by atoms with Crippen LogP contribution in [0.15, 0.2) is 23.8 Å². The average Bonchev–Trinajstić information content (AvgIpc) is 2.44. The SMILES string of the molecule is CCCCCCCCCCCCC1=CC(=O)C=CC1=O. The molecule has 0 amide bonds. The van der Waals surface area contributed by atoms with E-state index in [0.717, 1.165) is 19.3 Å². The number of hydrogen-bond acceptors (Lipinski definition) is 2. The van der Waals surface area contributed by atoms with Gasteiger partial charge in [-0.05, 0) is 31.1 Å². The van der Waals surface area contributed by atoms with E-state index in [-0.39, 0.29) is 11.6 Å². The molecule has 112 valence electrons. The molecule has 20 heavy (non-hydrogen) atoms. The standard InChI is InChI=1S/C18H28O2/c1-2-3-4-5-6-7-8-9-10-11-12-16-15-17(19)13-14-18(16)20/h13-15H,2-12H2,1H3. The van der Waals surface area contributed by atoms with Crippen LogP contribution < -0.4 is 0 Å². The molecule has 1 aliphatic carbocycles. The minimum atomic E-state index is -0.0494. The van der Waals surface area contributed by atoms with E-state index in [2.05, 4.69) is 6.92 Å². The largest absolute Gasteiger partial charge is 0.290 e. The van der Waals surface area contributed by atoms with E-state index in [1.807, 2.05) is 0 Å². The molecule has 0 N–H and O–H groups in total. The van der Waals surface area contributed by atoms with E-state index in [0.29, 0.717) is 5.57 Å². The van der Waals surface area contributed by atoms with Crippen molar-refractivity contribution in [3.63, 3.8) is 0 Å². The summed E-state index contributed by atoms with van der Waals surface area (Å²) in [5.74, 6) is -0.0350. The van der Waals surface area contributed by atoms with Gasteiger partial charge in [0.1, 0.15) is 0 Å². The fourth-order valence-corrected chi connectivity index (χ4v) is 2.55. The first-order valence-electron chi connectivity index (χ1n) is 8.21. The molecule has 0 radical (unpaired) electrons. The molecular weight excluding hydrogens is 248 g/mol. The Morgan fingerprint density at radius 1 is 0.750 bits per heavy atom. The molecule has 0 saturated carbocycles. The minimum absolute atomic E-state index is 0.0144. The Bertz CT molecular complexity index is 364. The van der Waals surface area contributed by atoms with Gasteiger partial charge in [0, 0.05) is 5.57 Å². The van der Waals surface area contributed by atoms with E-state index in [4.69, 9.17) is 0 Å². The molecule has 2 heteroatoms. The molecule has 0 bridgehead atoms. The summed E-state index contributed by atoms with van der Waals surface area (Å²) in [4.78, 5) is 22.7. The van der Waals surface area contributed by atoms with E-state index in [9.17, 15) is 9.59 Å². The van der Waals surface area contributed by atoms with Gasteiger partial charge in [-0.3, -0.25) is 9.59 Å². The van der Waals surface area contributed by atoms with Gasteiger partial charge in [-0.25, -0.2) is 0 Å².